The van der Waals surface area contributed by atoms with Crippen LogP contribution in [0, 0.1) is 5.82 Å². The molecule has 0 radical (unpaired) electrons. The number of aryl methyl sites for hydroxylation is 1. The number of benzene rings is 1. The highest BCUT2D eigenvalue weighted by atomic mass is 79.9. The van der Waals surface area contributed by atoms with Crippen molar-refractivity contribution in [2.75, 3.05) is 0 Å². The van der Waals surface area contributed by atoms with Crippen LogP contribution in [0.4, 0.5) is 4.39 Å². The van der Waals surface area contributed by atoms with E-state index in [4.69, 9.17) is 11.6 Å². The molecule has 1 aromatic heterocycles. The van der Waals surface area contributed by atoms with Gasteiger partial charge in [-0.3, -0.25) is 4.68 Å². The van der Waals surface area contributed by atoms with Crippen LogP contribution in [0.25, 0.3) is 0 Å². The highest BCUT2D eigenvalue weighted by Gasteiger charge is 2.20. The number of hydrogen-bond acceptors (Lipinski definition) is 2. The van der Waals surface area contributed by atoms with Crippen LogP contribution in [0.2, 0.25) is 5.02 Å². The monoisotopic (exact) mass is 332 g/mol. The van der Waals surface area contributed by atoms with Gasteiger partial charge in [-0.2, -0.15) is 5.10 Å². The van der Waals surface area contributed by atoms with Crippen LogP contribution in [0.3, 0.4) is 0 Å². The first-order valence-electron chi connectivity index (χ1n) is 5.38. The van der Waals surface area contributed by atoms with Gasteiger partial charge in [0.1, 0.15) is 11.9 Å². The smallest absolute Gasteiger partial charge is 0.137 e. The fourth-order valence-electron chi connectivity index (χ4n) is 1.74. The van der Waals surface area contributed by atoms with Crippen LogP contribution in [0.5, 0.6) is 0 Å². The maximum Gasteiger partial charge on any atom is 0.137 e. The molecule has 0 saturated carbocycles. The molecular weight excluding hydrogens is 322 g/mol. The molecule has 0 aliphatic rings. The average molecular weight is 334 g/mol. The third-order valence-corrected chi connectivity index (χ3v) is 3.59. The summed E-state index contributed by atoms with van der Waals surface area (Å²) in [4.78, 5) is 0. The van der Waals surface area contributed by atoms with E-state index in [0.29, 0.717) is 27.3 Å². The molecule has 0 aliphatic heterocycles. The summed E-state index contributed by atoms with van der Waals surface area (Å²) in [6.07, 6.45) is 0.473. The third kappa shape index (κ3) is 2.43. The molecule has 1 unspecified atom stereocenters. The molecule has 0 amide bonds. The fourth-order valence-corrected chi connectivity index (χ4v) is 2.23. The summed E-state index contributed by atoms with van der Waals surface area (Å²) in [5, 5.41) is 14.7. The van der Waals surface area contributed by atoms with E-state index in [0.717, 1.165) is 0 Å². The van der Waals surface area contributed by atoms with E-state index in [1.807, 2.05) is 6.92 Å². The Balaban J connectivity index is 2.44. The van der Waals surface area contributed by atoms with Crippen molar-refractivity contribution in [3.63, 3.8) is 0 Å². The lowest BCUT2D eigenvalue weighted by Gasteiger charge is -2.14. The Labute approximate surface area is 117 Å². The molecule has 0 fully saturated rings. The van der Waals surface area contributed by atoms with Crippen LogP contribution in [0.15, 0.2) is 28.9 Å². The van der Waals surface area contributed by atoms with Crippen LogP contribution < -0.4 is 0 Å². The summed E-state index contributed by atoms with van der Waals surface area (Å²) in [7, 11) is 0. The molecule has 0 spiro atoms. The summed E-state index contributed by atoms with van der Waals surface area (Å²) >= 11 is 9.06. The second kappa shape index (κ2) is 5.38. The second-order valence-electron chi connectivity index (χ2n) is 3.77. The van der Waals surface area contributed by atoms with Crippen molar-refractivity contribution in [2.45, 2.75) is 19.6 Å². The molecule has 18 heavy (non-hydrogen) atoms. The lowest BCUT2D eigenvalue weighted by atomic mass is 10.1. The first kappa shape index (κ1) is 13.5. The van der Waals surface area contributed by atoms with E-state index in [9.17, 15) is 9.50 Å². The second-order valence-corrected chi connectivity index (χ2v) is 5.03. The SMILES string of the molecule is CCn1ncc(Cl)c1C(O)c1ccc(Br)c(F)c1. The lowest BCUT2D eigenvalue weighted by Crippen LogP contribution is -2.09. The number of halogens is 3. The Morgan fingerprint density at radius 2 is 2.28 bits per heavy atom. The average Bonchev–Trinajstić information content (AvgIpc) is 2.73. The van der Waals surface area contributed by atoms with E-state index in [1.54, 1.807) is 16.8 Å². The predicted octanol–water partition coefficient (Wildman–Crippen LogP) is 3.54. The van der Waals surface area contributed by atoms with Crippen molar-refractivity contribution < 1.29 is 9.50 Å². The Hall–Kier alpha value is -0.910. The molecule has 0 aliphatic carbocycles. The largest absolute Gasteiger partial charge is 0.382 e. The number of aromatic nitrogens is 2. The number of nitrogens with zero attached hydrogens (tertiary/aromatic N) is 2. The van der Waals surface area contributed by atoms with Crippen molar-refractivity contribution >= 4 is 27.5 Å². The zero-order valence-electron chi connectivity index (χ0n) is 9.57. The van der Waals surface area contributed by atoms with Gasteiger partial charge in [-0.25, -0.2) is 4.39 Å². The summed E-state index contributed by atoms with van der Waals surface area (Å²) in [6.45, 7) is 2.47. The standard InChI is InChI=1S/C12H11BrClFN2O/c1-2-17-11(9(14)6-16-17)12(18)7-3-4-8(13)10(15)5-7/h3-6,12,18H,2H2,1H3. The zero-order valence-corrected chi connectivity index (χ0v) is 11.9. The van der Waals surface area contributed by atoms with E-state index < -0.39 is 11.9 Å². The summed E-state index contributed by atoms with van der Waals surface area (Å²) in [5.41, 5.74) is 0.911. The van der Waals surface area contributed by atoms with Gasteiger partial charge in [-0.1, -0.05) is 17.7 Å². The molecule has 2 aromatic rings. The minimum Gasteiger partial charge on any atom is -0.382 e. The molecule has 3 nitrogen and oxygen atoms in total. The minimum absolute atomic E-state index is 0.355. The quantitative estimate of drug-likeness (QED) is 0.933. The number of aliphatic hydroxyl groups is 1. The van der Waals surface area contributed by atoms with Gasteiger partial charge in [-0.15, -0.1) is 0 Å². The van der Waals surface area contributed by atoms with Crippen LogP contribution in [-0.2, 0) is 6.54 Å². The van der Waals surface area contributed by atoms with E-state index in [1.165, 1.54) is 12.3 Å². The van der Waals surface area contributed by atoms with Gasteiger partial charge in [0.15, 0.2) is 0 Å². The molecule has 96 valence electrons. The normalized spacial score (nSPS) is 12.7. The van der Waals surface area contributed by atoms with E-state index in [2.05, 4.69) is 21.0 Å². The Morgan fingerprint density at radius 3 is 2.89 bits per heavy atom. The lowest BCUT2D eigenvalue weighted by molar-refractivity contribution is 0.207. The van der Waals surface area contributed by atoms with Gasteiger partial charge in [0.25, 0.3) is 0 Å². The molecule has 6 heteroatoms. The van der Waals surface area contributed by atoms with E-state index in [-0.39, 0.29) is 0 Å². The highest BCUT2D eigenvalue weighted by Crippen LogP contribution is 2.29. The molecule has 0 saturated heterocycles. The Bertz CT molecular complexity index is 573. The number of hydrogen-bond donors (Lipinski definition) is 1. The van der Waals surface area contributed by atoms with Crippen molar-refractivity contribution in [1.82, 2.24) is 9.78 Å². The predicted molar refractivity (Wildman–Crippen MR) is 71.1 cm³/mol. The molecule has 1 atom stereocenters. The zero-order chi connectivity index (χ0) is 13.3. The molecule has 2 rings (SSSR count). The Kier molecular flexibility index (Phi) is 4.04. The van der Waals surface area contributed by atoms with Crippen molar-refractivity contribution in [2.24, 2.45) is 0 Å². The van der Waals surface area contributed by atoms with Gasteiger partial charge in [0.2, 0.25) is 0 Å². The van der Waals surface area contributed by atoms with Crippen LogP contribution >= 0.6 is 27.5 Å². The minimum atomic E-state index is -0.998. The topological polar surface area (TPSA) is 38.0 Å². The summed E-state index contributed by atoms with van der Waals surface area (Å²) < 4.78 is 15.4. The van der Waals surface area contributed by atoms with Crippen LogP contribution in [0.1, 0.15) is 24.3 Å². The van der Waals surface area contributed by atoms with Gasteiger partial charge in [0.05, 0.1) is 21.4 Å². The van der Waals surface area contributed by atoms with Crippen molar-refractivity contribution in [1.29, 1.82) is 0 Å². The fraction of sp³-hybridized carbons (Fsp3) is 0.250. The molecule has 1 N–H and O–H groups in total. The highest BCUT2D eigenvalue weighted by molar-refractivity contribution is 9.10. The third-order valence-electron chi connectivity index (χ3n) is 2.65. The van der Waals surface area contributed by atoms with Gasteiger partial charge in [0, 0.05) is 6.54 Å². The molecular formula is C12H11BrClFN2O. The summed E-state index contributed by atoms with van der Waals surface area (Å²) in [6, 6.07) is 4.47. The van der Waals surface area contributed by atoms with Gasteiger partial charge in [-0.05, 0) is 40.5 Å². The molecule has 0 bridgehead atoms. The van der Waals surface area contributed by atoms with Crippen LogP contribution in [-0.4, -0.2) is 14.9 Å². The van der Waals surface area contributed by atoms with Crippen molar-refractivity contribution in [3.8, 4) is 0 Å². The Morgan fingerprint density at radius 1 is 1.56 bits per heavy atom. The molecule has 1 aromatic carbocycles. The maximum atomic E-state index is 13.5. The molecule has 1 heterocycles. The number of rotatable bonds is 3. The van der Waals surface area contributed by atoms with E-state index >= 15 is 0 Å². The maximum absolute atomic E-state index is 13.5. The van der Waals surface area contributed by atoms with Gasteiger partial charge < -0.3 is 5.11 Å². The first-order chi connectivity index (χ1) is 8.54. The first-order valence-corrected chi connectivity index (χ1v) is 6.56. The van der Waals surface area contributed by atoms with Crippen molar-refractivity contribution in [3.05, 3.63) is 51.0 Å². The number of aliphatic hydroxyl groups excluding tert-OH is 1. The summed E-state index contributed by atoms with van der Waals surface area (Å²) in [5.74, 6) is -0.426. The van der Waals surface area contributed by atoms with Gasteiger partial charge >= 0.3 is 0 Å².